The smallest absolute Gasteiger partial charge is 0.394 e. The van der Waals surface area contributed by atoms with E-state index in [0.29, 0.717) is 11.3 Å². The molecule has 0 bridgehead atoms. The summed E-state index contributed by atoms with van der Waals surface area (Å²) in [7, 11) is 1.41. The fraction of sp³-hybridized carbons (Fsp3) is 0.579. The van der Waals surface area contributed by atoms with Crippen molar-refractivity contribution < 1.29 is 27.1 Å². The molecule has 0 atom stereocenters. The maximum Gasteiger partial charge on any atom is 0.394 e. The zero-order valence-electron chi connectivity index (χ0n) is 16.2. The highest BCUT2D eigenvalue weighted by atomic mass is 19.4. The Balaban J connectivity index is 2.02. The summed E-state index contributed by atoms with van der Waals surface area (Å²) in [5.74, 6) is -1.10. The van der Waals surface area contributed by atoms with Gasteiger partial charge >= 0.3 is 6.18 Å². The Bertz CT molecular complexity index is 914. The number of halogens is 4. The van der Waals surface area contributed by atoms with Gasteiger partial charge in [-0.15, -0.1) is 0 Å². The lowest BCUT2D eigenvalue weighted by Crippen LogP contribution is -2.39. The fourth-order valence-electron chi connectivity index (χ4n) is 3.44. The first kappa shape index (κ1) is 20.4. The maximum atomic E-state index is 14.5. The SMILES string of the molecule is COc1cc(F)c2nc(NC(=O)CC(C)(C)C(F)(F)F)n(C3(C)CCC3)c2c1. The highest BCUT2D eigenvalue weighted by Crippen LogP contribution is 2.44. The number of rotatable bonds is 5. The Labute approximate surface area is 160 Å². The number of amides is 1. The number of nitrogens with one attached hydrogen (secondary N) is 1. The van der Waals surface area contributed by atoms with Gasteiger partial charge in [0.2, 0.25) is 11.9 Å². The molecule has 0 aliphatic heterocycles. The first-order valence-electron chi connectivity index (χ1n) is 9.01. The predicted molar refractivity (Wildman–Crippen MR) is 96.8 cm³/mol. The molecule has 9 heteroatoms. The van der Waals surface area contributed by atoms with E-state index in [9.17, 15) is 22.4 Å². The summed E-state index contributed by atoms with van der Waals surface area (Å²) in [6.45, 7) is 3.88. The molecule has 28 heavy (non-hydrogen) atoms. The number of aromatic nitrogens is 2. The highest BCUT2D eigenvalue weighted by molar-refractivity contribution is 5.92. The average molecular weight is 401 g/mol. The van der Waals surface area contributed by atoms with Crippen LogP contribution < -0.4 is 10.1 Å². The molecule has 1 amide bonds. The van der Waals surface area contributed by atoms with E-state index in [-0.39, 0.29) is 11.5 Å². The third-order valence-corrected chi connectivity index (χ3v) is 5.51. The van der Waals surface area contributed by atoms with E-state index < -0.39 is 35.3 Å². The fourth-order valence-corrected chi connectivity index (χ4v) is 3.44. The Morgan fingerprint density at radius 2 is 1.96 bits per heavy atom. The second kappa shape index (κ2) is 6.63. The van der Waals surface area contributed by atoms with Gasteiger partial charge in [-0.3, -0.25) is 10.1 Å². The van der Waals surface area contributed by atoms with Crippen molar-refractivity contribution in [1.29, 1.82) is 0 Å². The number of hydrogen-bond donors (Lipinski definition) is 1. The van der Waals surface area contributed by atoms with Crippen molar-refractivity contribution in [2.24, 2.45) is 5.41 Å². The van der Waals surface area contributed by atoms with Gasteiger partial charge in [-0.1, -0.05) is 13.8 Å². The van der Waals surface area contributed by atoms with E-state index in [1.165, 1.54) is 13.2 Å². The predicted octanol–water partition coefficient (Wildman–Crippen LogP) is 5.00. The molecule has 5 nitrogen and oxygen atoms in total. The number of methoxy groups -OCH3 is 1. The molecule has 1 heterocycles. The minimum absolute atomic E-state index is 0.0410. The molecule has 1 aliphatic carbocycles. The maximum absolute atomic E-state index is 14.5. The summed E-state index contributed by atoms with van der Waals surface area (Å²) in [6, 6.07) is 2.80. The second-order valence-electron chi connectivity index (χ2n) is 8.20. The molecule has 1 aromatic heterocycles. The lowest BCUT2D eigenvalue weighted by atomic mass is 9.78. The van der Waals surface area contributed by atoms with E-state index >= 15 is 0 Å². The van der Waals surface area contributed by atoms with Crippen molar-refractivity contribution in [3.05, 3.63) is 17.9 Å². The van der Waals surface area contributed by atoms with Gasteiger partial charge in [0.05, 0.1) is 18.0 Å². The summed E-state index contributed by atoms with van der Waals surface area (Å²) in [6.07, 6.45) is -2.76. The zero-order valence-corrected chi connectivity index (χ0v) is 16.2. The average Bonchev–Trinajstić information content (AvgIpc) is 2.89. The number of nitrogens with zero attached hydrogens (tertiary/aromatic N) is 2. The zero-order chi connectivity index (χ0) is 20.9. The van der Waals surface area contributed by atoms with Crippen LogP contribution >= 0.6 is 0 Å². The Morgan fingerprint density at radius 1 is 1.32 bits per heavy atom. The molecular weight excluding hydrogens is 378 g/mol. The third-order valence-electron chi connectivity index (χ3n) is 5.51. The van der Waals surface area contributed by atoms with Crippen molar-refractivity contribution in [2.45, 2.75) is 58.2 Å². The van der Waals surface area contributed by atoms with Gasteiger partial charge in [-0.05, 0) is 26.2 Å². The van der Waals surface area contributed by atoms with E-state index in [2.05, 4.69) is 10.3 Å². The lowest BCUT2D eigenvalue weighted by molar-refractivity contribution is -0.213. The molecule has 3 rings (SSSR count). The number of carbonyl (C=O) groups is 1. The molecular formula is C19H23F4N3O2. The number of hydrogen-bond acceptors (Lipinski definition) is 3. The first-order chi connectivity index (χ1) is 12.9. The molecule has 2 aromatic rings. The van der Waals surface area contributed by atoms with Crippen LogP contribution in [-0.4, -0.2) is 28.7 Å². The third kappa shape index (κ3) is 3.42. The van der Waals surface area contributed by atoms with E-state index in [1.807, 2.05) is 6.92 Å². The molecule has 0 unspecified atom stereocenters. The molecule has 0 spiro atoms. The quantitative estimate of drug-likeness (QED) is 0.718. The van der Waals surface area contributed by atoms with Crippen LogP contribution in [0.25, 0.3) is 11.0 Å². The molecule has 1 aliphatic rings. The summed E-state index contributed by atoms with van der Waals surface area (Å²) in [5, 5.41) is 2.47. The number of anilines is 1. The highest BCUT2D eigenvalue weighted by Gasteiger charge is 2.48. The largest absolute Gasteiger partial charge is 0.497 e. The molecule has 1 fully saturated rings. The van der Waals surface area contributed by atoms with Gasteiger partial charge in [0.25, 0.3) is 0 Å². The van der Waals surface area contributed by atoms with Crippen LogP contribution in [0.3, 0.4) is 0 Å². The molecule has 154 valence electrons. The van der Waals surface area contributed by atoms with E-state index in [1.54, 1.807) is 10.6 Å². The first-order valence-corrected chi connectivity index (χ1v) is 9.01. The topological polar surface area (TPSA) is 56.1 Å². The van der Waals surface area contributed by atoms with Crippen molar-refractivity contribution in [2.75, 3.05) is 12.4 Å². The summed E-state index contributed by atoms with van der Waals surface area (Å²) in [4.78, 5) is 16.5. The minimum Gasteiger partial charge on any atom is -0.497 e. The van der Waals surface area contributed by atoms with E-state index in [0.717, 1.165) is 33.1 Å². The molecule has 0 radical (unpaired) electrons. The Morgan fingerprint density at radius 3 is 2.46 bits per heavy atom. The van der Waals surface area contributed by atoms with Crippen molar-refractivity contribution in [3.8, 4) is 5.75 Å². The van der Waals surface area contributed by atoms with Crippen molar-refractivity contribution >= 4 is 22.9 Å². The van der Waals surface area contributed by atoms with Crippen LogP contribution in [-0.2, 0) is 10.3 Å². The van der Waals surface area contributed by atoms with Crippen LogP contribution in [0.2, 0.25) is 0 Å². The molecule has 0 saturated heterocycles. The van der Waals surface area contributed by atoms with Crippen molar-refractivity contribution in [3.63, 3.8) is 0 Å². The monoisotopic (exact) mass is 401 g/mol. The summed E-state index contributed by atoms with van der Waals surface area (Å²) in [5.41, 5.74) is -2.12. The Hall–Kier alpha value is -2.32. The lowest BCUT2D eigenvalue weighted by Gasteiger charge is -2.41. The van der Waals surface area contributed by atoms with Gasteiger partial charge in [0.1, 0.15) is 11.3 Å². The summed E-state index contributed by atoms with van der Waals surface area (Å²) >= 11 is 0. The number of alkyl halides is 3. The summed E-state index contributed by atoms with van der Waals surface area (Å²) < 4.78 is 60.6. The van der Waals surface area contributed by atoms with Crippen LogP contribution in [0.1, 0.15) is 46.5 Å². The molecule has 1 N–H and O–H groups in total. The number of benzene rings is 1. The van der Waals surface area contributed by atoms with Crippen LogP contribution in [0.5, 0.6) is 5.75 Å². The van der Waals surface area contributed by atoms with Crippen LogP contribution in [0.4, 0.5) is 23.5 Å². The normalized spacial score (nSPS) is 16.7. The molecule has 1 aromatic carbocycles. The van der Waals surface area contributed by atoms with Crippen LogP contribution in [0, 0.1) is 11.2 Å². The van der Waals surface area contributed by atoms with Gasteiger partial charge < -0.3 is 9.30 Å². The number of carbonyl (C=O) groups excluding carboxylic acids is 1. The van der Waals surface area contributed by atoms with Gasteiger partial charge in [-0.2, -0.15) is 13.2 Å². The number of fused-ring (bicyclic) bond motifs is 1. The standard InChI is InChI=1S/C19H23F4N3O2/c1-17(2,19(21,22)23)10-14(27)24-16-25-15-12(20)8-11(28-4)9-13(15)26(16)18(3)6-5-7-18/h8-9H,5-7,10H2,1-4H3,(H,24,25,27). The van der Waals surface area contributed by atoms with Crippen molar-refractivity contribution in [1.82, 2.24) is 9.55 Å². The van der Waals surface area contributed by atoms with Crippen LogP contribution in [0.15, 0.2) is 12.1 Å². The second-order valence-corrected chi connectivity index (χ2v) is 8.20. The number of imidazole rings is 1. The van der Waals surface area contributed by atoms with Gasteiger partial charge in [0, 0.05) is 24.1 Å². The van der Waals surface area contributed by atoms with E-state index in [4.69, 9.17) is 4.74 Å². The minimum atomic E-state index is -4.52. The van der Waals surface area contributed by atoms with Gasteiger partial charge in [0.15, 0.2) is 5.82 Å². The number of ether oxygens (including phenoxy) is 1. The molecule has 1 saturated carbocycles. The van der Waals surface area contributed by atoms with Gasteiger partial charge in [-0.25, -0.2) is 9.37 Å². The Kier molecular flexibility index (Phi) is 4.84.